The maximum absolute atomic E-state index is 11.1. The highest BCUT2D eigenvalue weighted by Crippen LogP contribution is 2.23. The first-order chi connectivity index (χ1) is 9.99. The van der Waals surface area contributed by atoms with Crippen molar-refractivity contribution in [1.82, 2.24) is 0 Å². The minimum absolute atomic E-state index is 0.0133. The Kier molecular flexibility index (Phi) is 4.35. The summed E-state index contributed by atoms with van der Waals surface area (Å²) in [7, 11) is 0. The maximum Gasteiger partial charge on any atom is 0.336 e. The first-order valence-electron chi connectivity index (χ1n) is 5.88. The molecular formula is C15H10ClNO4. The van der Waals surface area contributed by atoms with Crippen LogP contribution in [-0.4, -0.2) is 28.4 Å². The fourth-order valence-corrected chi connectivity index (χ4v) is 1.88. The van der Waals surface area contributed by atoms with Gasteiger partial charge in [0.25, 0.3) is 0 Å². The minimum Gasteiger partial charge on any atom is -0.478 e. The van der Waals surface area contributed by atoms with Gasteiger partial charge in [-0.05, 0) is 30.3 Å². The lowest BCUT2D eigenvalue weighted by Gasteiger charge is -2.03. The topological polar surface area (TPSA) is 87.0 Å². The molecule has 5 nitrogen and oxygen atoms in total. The lowest BCUT2D eigenvalue weighted by atomic mass is 10.0. The van der Waals surface area contributed by atoms with E-state index in [0.29, 0.717) is 10.7 Å². The van der Waals surface area contributed by atoms with Crippen LogP contribution in [0, 0.1) is 0 Å². The van der Waals surface area contributed by atoms with E-state index in [0.717, 1.165) is 0 Å². The predicted octanol–water partition coefficient (Wildman–Crippen LogP) is 3.49. The fraction of sp³-hybridized carbons (Fsp3) is 0. The van der Waals surface area contributed by atoms with Crippen LogP contribution in [0.3, 0.4) is 0 Å². The Morgan fingerprint density at radius 2 is 1.76 bits per heavy atom. The summed E-state index contributed by atoms with van der Waals surface area (Å²) >= 11 is 5.95. The van der Waals surface area contributed by atoms with Gasteiger partial charge in [-0.25, -0.2) is 9.59 Å². The number of carbonyl (C=O) groups is 2. The highest BCUT2D eigenvalue weighted by molar-refractivity contribution is 6.33. The molecule has 0 spiro atoms. The van der Waals surface area contributed by atoms with E-state index in [4.69, 9.17) is 21.8 Å². The van der Waals surface area contributed by atoms with Gasteiger partial charge in [0.1, 0.15) is 0 Å². The number of halogens is 1. The molecule has 2 aromatic carbocycles. The van der Waals surface area contributed by atoms with E-state index >= 15 is 0 Å². The molecule has 0 radical (unpaired) electrons. The summed E-state index contributed by atoms with van der Waals surface area (Å²) in [5.41, 5.74) is 0.620. The van der Waals surface area contributed by atoms with Crippen LogP contribution in [-0.2, 0) is 0 Å². The van der Waals surface area contributed by atoms with Crippen molar-refractivity contribution in [3.8, 4) is 0 Å². The first kappa shape index (κ1) is 14.7. The molecule has 0 heterocycles. The van der Waals surface area contributed by atoms with Crippen molar-refractivity contribution in [3.63, 3.8) is 0 Å². The van der Waals surface area contributed by atoms with Crippen LogP contribution >= 0.6 is 11.6 Å². The van der Waals surface area contributed by atoms with Crippen molar-refractivity contribution >= 4 is 35.4 Å². The van der Waals surface area contributed by atoms with E-state index in [1.165, 1.54) is 24.4 Å². The normalized spacial score (nSPS) is 10.7. The number of aliphatic imine (C=N–C) groups is 1. The summed E-state index contributed by atoms with van der Waals surface area (Å²) in [4.78, 5) is 26.2. The number of para-hydroxylation sites is 1. The van der Waals surface area contributed by atoms with Gasteiger partial charge in [0.15, 0.2) is 0 Å². The first-order valence-corrected chi connectivity index (χ1v) is 6.26. The number of nitrogens with zero attached hydrogens (tertiary/aromatic N) is 1. The number of benzene rings is 2. The molecule has 0 amide bonds. The maximum atomic E-state index is 11.1. The number of hydrogen-bond acceptors (Lipinski definition) is 3. The lowest BCUT2D eigenvalue weighted by Crippen LogP contribution is -2.05. The second-order valence-electron chi connectivity index (χ2n) is 4.12. The zero-order chi connectivity index (χ0) is 15.4. The number of rotatable bonds is 4. The molecular weight excluding hydrogens is 294 g/mol. The average molecular weight is 304 g/mol. The van der Waals surface area contributed by atoms with Crippen LogP contribution in [0.1, 0.15) is 26.3 Å². The standard InChI is InChI=1S/C15H10ClNO4/c16-12-3-1-2-4-13(12)17-8-10-7-9(14(18)19)5-6-11(10)15(20)21/h1-8H,(H,18,19)(H,20,21). The highest BCUT2D eigenvalue weighted by Gasteiger charge is 2.12. The number of carboxylic acid groups (broad SMARTS) is 2. The monoisotopic (exact) mass is 303 g/mol. The van der Waals surface area contributed by atoms with Crippen LogP contribution in [0.15, 0.2) is 47.5 Å². The summed E-state index contributed by atoms with van der Waals surface area (Å²) < 4.78 is 0. The Morgan fingerprint density at radius 1 is 1.05 bits per heavy atom. The molecule has 2 rings (SSSR count). The van der Waals surface area contributed by atoms with Crippen LogP contribution in [0.25, 0.3) is 0 Å². The SMILES string of the molecule is O=C(O)c1ccc(C(=O)O)c(C=Nc2ccccc2Cl)c1. The summed E-state index contributed by atoms with van der Waals surface area (Å²) in [6, 6.07) is 10.5. The summed E-state index contributed by atoms with van der Waals surface area (Å²) in [6.45, 7) is 0. The molecule has 0 aliphatic rings. The van der Waals surface area contributed by atoms with Gasteiger partial charge in [0.2, 0.25) is 0 Å². The molecule has 6 heteroatoms. The third-order valence-corrected chi connectivity index (χ3v) is 3.04. The zero-order valence-electron chi connectivity index (χ0n) is 10.7. The van der Waals surface area contributed by atoms with Gasteiger partial charge in [-0.15, -0.1) is 0 Å². The smallest absolute Gasteiger partial charge is 0.336 e. The van der Waals surface area contributed by atoms with Gasteiger partial charge >= 0.3 is 11.9 Å². The van der Waals surface area contributed by atoms with Crippen molar-refractivity contribution in [1.29, 1.82) is 0 Å². The number of aromatic carboxylic acids is 2. The molecule has 0 unspecified atom stereocenters. The predicted molar refractivity (Wildman–Crippen MR) is 79.1 cm³/mol. The van der Waals surface area contributed by atoms with Gasteiger partial charge in [-0.3, -0.25) is 4.99 Å². The molecule has 0 fully saturated rings. The molecule has 21 heavy (non-hydrogen) atoms. The highest BCUT2D eigenvalue weighted by atomic mass is 35.5. The van der Waals surface area contributed by atoms with Crippen molar-refractivity contribution in [2.45, 2.75) is 0 Å². The minimum atomic E-state index is -1.16. The van der Waals surface area contributed by atoms with Crippen LogP contribution in [0.2, 0.25) is 5.02 Å². The van der Waals surface area contributed by atoms with Gasteiger partial charge in [-0.2, -0.15) is 0 Å². The molecule has 106 valence electrons. The molecule has 0 aliphatic carbocycles. The number of carboxylic acids is 2. The fourth-order valence-electron chi connectivity index (χ4n) is 1.69. The van der Waals surface area contributed by atoms with E-state index < -0.39 is 11.9 Å². The second-order valence-corrected chi connectivity index (χ2v) is 4.53. The van der Waals surface area contributed by atoms with Gasteiger partial charge in [-0.1, -0.05) is 23.7 Å². The lowest BCUT2D eigenvalue weighted by molar-refractivity contribution is 0.0681. The molecule has 2 N–H and O–H groups in total. The van der Waals surface area contributed by atoms with E-state index in [1.807, 2.05) is 0 Å². The van der Waals surface area contributed by atoms with E-state index in [9.17, 15) is 9.59 Å². The Hall–Kier alpha value is -2.66. The van der Waals surface area contributed by atoms with Crippen LogP contribution < -0.4 is 0 Å². The third-order valence-electron chi connectivity index (χ3n) is 2.72. The molecule has 2 aromatic rings. The Balaban J connectivity index is 2.46. The van der Waals surface area contributed by atoms with E-state index in [2.05, 4.69) is 4.99 Å². The molecule has 0 aliphatic heterocycles. The van der Waals surface area contributed by atoms with E-state index in [-0.39, 0.29) is 16.7 Å². The largest absolute Gasteiger partial charge is 0.478 e. The Bertz CT molecular complexity index is 740. The summed E-state index contributed by atoms with van der Waals surface area (Å²) in [6.07, 6.45) is 1.29. The molecule has 0 saturated carbocycles. The quantitative estimate of drug-likeness (QED) is 0.846. The van der Waals surface area contributed by atoms with Crippen LogP contribution in [0.5, 0.6) is 0 Å². The average Bonchev–Trinajstić information content (AvgIpc) is 2.46. The third kappa shape index (κ3) is 3.46. The van der Waals surface area contributed by atoms with Crippen molar-refractivity contribution in [2.24, 2.45) is 4.99 Å². The number of hydrogen-bond donors (Lipinski definition) is 2. The van der Waals surface area contributed by atoms with Gasteiger partial charge in [0, 0.05) is 11.8 Å². The van der Waals surface area contributed by atoms with E-state index in [1.54, 1.807) is 24.3 Å². The zero-order valence-corrected chi connectivity index (χ0v) is 11.4. The van der Waals surface area contributed by atoms with Crippen molar-refractivity contribution < 1.29 is 19.8 Å². The van der Waals surface area contributed by atoms with Crippen molar-refractivity contribution in [2.75, 3.05) is 0 Å². The van der Waals surface area contributed by atoms with Crippen molar-refractivity contribution in [3.05, 3.63) is 64.2 Å². The molecule has 0 atom stereocenters. The Morgan fingerprint density at radius 3 is 2.38 bits per heavy atom. The van der Waals surface area contributed by atoms with Crippen LogP contribution in [0.4, 0.5) is 5.69 Å². The summed E-state index contributed by atoms with van der Waals surface area (Å²) in [5, 5.41) is 18.5. The van der Waals surface area contributed by atoms with Gasteiger partial charge in [0.05, 0.1) is 21.8 Å². The Labute approximate surface area is 125 Å². The molecule has 0 bridgehead atoms. The molecule has 0 saturated heterocycles. The summed E-state index contributed by atoms with van der Waals surface area (Å²) in [5.74, 6) is -2.30. The molecule has 0 aromatic heterocycles. The van der Waals surface area contributed by atoms with Gasteiger partial charge < -0.3 is 10.2 Å². The second kappa shape index (κ2) is 6.19.